The van der Waals surface area contributed by atoms with Crippen LogP contribution in [0, 0.1) is 12.8 Å². The second kappa shape index (κ2) is 5.66. The quantitative estimate of drug-likeness (QED) is 0.845. The van der Waals surface area contributed by atoms with Gasteiger partial charge in [0.15, 0.2) is 0 Å². The van der Waals surface area contributed by atoms with Crippen molar-refractivity contribution < 1.29 is 0 Å². The predicted octanol–water partition coefficient (Wildman–Crippen LogP) is 4.41. The van der Waals surface area contributed by atoms with Crippen LogP contribution < -0.4 is 5.32 Å². The molecule has 0 saturated heterocycles. The normalized spacial score (nSPS) is 34.8. The average molecular weight is 257 g/mol. The van der Waals surface area contributed by atoms with Crippen molar-refractivity contribution in [2.24, 2.45) is 5.92 Å². The van der Waals surface area contributed by atoms with E-state index in [2.05, 4.69) is 43.4 Å². The molecule has 1 aromatic carbocycles. The van der Waals surface area contributed by atoms with E-state index in [9.17, 15) is 0 Å². The zero-order chi connectivity index (χ0) is 13.2. The van der Waals surface area contributed by atoms with Crippen molar-refractivity contribution in [1.29, 1.82) is 0 Å². The summed E-state index contributed by atoms with van der Waals surface area (Å²) in [7, 11) is 0. The molecular formula is C18H27N. The summed E-state index contributed by atoms with van der Waals surface area (Å²) in [6.07, 6.45) is 8.32. The van der Waals surface area contributed by atoms with E-state index in [1.54, 1.807) is 5.56 Å². The molecule has 0 bridgehead atoms. The third-order valence-corrected chi connectivity index (χ3v) is 5.25. The Balaban J connectivity index is 1.47. The lowest BCUT2D eigenvalue weighted by molar-refractivity contribution is 0.221. The Bertz CT molecular complexity index is 411. The van der Waals surface area contributed by atoms with Gasteiger partial charge in [-0.05, 0) is 68.4 Å². The first kappa shape index (κ1) is 13.2. The van der Waals surface area contributed by atoms with Crippen molar-refractivity contribution in [2.45, 2.75) is 70.4 Å². The molecule has 0 radical (unpaired) electrons. The SMILES string of the molecule is Cc1ccccc1C1CC(NC2CCC(C)CC2)C1. The highest BCUT2D eigenvalue weighted by Gasteiger charge is 2.32. The van der Waals surface area contributed by atoms with Gasteiger partial charge >= 0.3 is 0 Å². The summed E-state index contributed by atoms with van der Waals surface area (Å²) < 4.78 is 0. The van der Waals surface area contributed by atoms with Gasteiger partial charge in [-0.3, -0.25) is 0 Å². The molecular weight excluding hydrogens is 230 g/mol. The van der Waals surface area contributed by atoms with E-state index < -0.39 is 0 Å². The van der Waals surface area contributed by atoms with Crippen molar-refractivity contribution in [3.8, 4) is 0 Å². The van der Waals surface area contributed by atoms with Gasteiger partial charge in [-0.25, -0.2) is 0 Å². The van der Waals surface area contributed by atoms with Crippen LogP contribution in [0.2, 0.25) is 0 Å². The Morgan fingerprint density at radius 2 is 1.63 bits per heavy atom. The summed E-state index contributed by atoms with van der Waals surface area (Å²) in [5, 5.41) is 3.90. The number of benzene rings is 1. The average Bonchev–Trinajstić information content (AvgIpc) is 2.37. The van der Waals surface area contributed by atoms with Gasteiger partial charge in [-0.2, -0.15) is 0 Å². The highest BCUT2D eigenvalue weighted by Crippen LogP contribution is 2.39. The van der Waals surface area contributed by atoms with Crippen LogP contribution in [0.1, 0.15) is 62.5 Å². The summed E-state index contributed by atoms with van der Waals surface area (Å²) in [4.78, 5) is 0. The third-order valence-electron chi connectivity index (χ3n) is 5.25. The molecule has 2 aliphatic rings. The van der Waals surface area contributed by atoms with Crippen molar-refractivity contribution in [2.75, 3.05) is 0 Å². The first-order chi connectivity index (χ1) is 9.22. The fraction of sp³-hybridized carbons (Fsp3) is 0.667. The fourth-order valence-corrected chi connectivity index (χ4v) is 3.81. The minimum atomic E-state index is 0.781. The molecule has 0 spiro atoms. The molecule has 19 heavy (non-hydrogen) atoms. The highest BCUT2D eigenvalue weighted by atomic mass is 15.0. The monoisotopic (exact) mass is 257 g/mol. The first-order valence-corrected chi connectivity index (χ1v) is 8.04. The molecule has 2 fully saturated rings. The topological polar surface area (TPSA) is 12.0 Å². The summed E-state index contributed by atoms with van der Waals surface area (Å²) in [6, 6.07) is 10.5. The van der Waals surface area contributed by atoms with Crippen LogP contribution in [0.5, 0.6) is 0 Å². The van der Waals surface area contributed by atoms with E-state index in [1.807, 2.05) is 0 Å². The van der Waals surface area contributed by atoms with Crippen LogP contribution in [0.25, 0.3) is 0 Å². The maximum Gasteiger partial charge on any atom is 0.00813 e. The van der Waals surface area contributed by atoms with Crippen molar-refractivity contribution in [1.82, 2.24) is 5.32 Å². The van der Waals surface area contributed by atoms with Crippen LogP contribution in [-0.2, 0) is 0 Å². The second-order valence-corrected chi connectivity index (χ2v) is 6.85. The minimum absolute atomic E-state index is 0.781. The number of hydrogen-bond donors (Lipinski definition) is 1. The van der Waals surface area contributed by atoms with Crippen LogP contribution >= 0.6 is 0 Å². The van der Waals surface area contributed by atoms with E-state index in [-0.39, 0.29) is 0 Å². The van der Waals surface area contributed by atoms with Crippen LogP contribution in [0.3, 0.4) is 0 Å². The molecule has 104 valence electrons. The van der Waals surface area contributed by atoms with E-state index in [0.717, 1.165) is 23.9 Å². The summed E-state index contributed by atoms with van der Waals surface area (Å²) in [5.74, 6) is 1.76. The number of hydrogen-bond acceptors (Lipinski definition) is 1. The van der Waals surface area contributed by atoms with Gasteiger partial charge in [0.2, 0.25) is 0 Å². The lowest BCUT2D eigenvalue weighted by Crippen LogP contribution is -2.46. The molecule has 2 saturated carbocycles. The van der Waals surface area contributed by atoms with E-state index >= 15 is 0 Å². The Kier molecular flexibility index (Phi) is 3.93. The van der Waals surface area contributed by atoms with Crippen molar-refractivity contribution in [3.05, 3.63) is 35.4 Å². The number of nitrogens with one attached hydrogen (secondary N) is 1. The largest absolute Gasteiger partial charge is 0.311 e. The Hall–Kier alpha value is -0.820. The molecule has 3 rings (SSSR count). The van der Waals surface area contributed by atoms with Gasteiger partial charge in [0, 0.05) is 12.1 Å². The Morgan fingerprint density at radius 1 is 0.947 bits per heavy atom. The highest BCUT2D eigenvalue weighted by molar-refractivity contribution is 5.31. The summed E-state index contributed by atoms with van der Waals surface area (Å²) in [5.41, 5.74) is 3.05. The van der Waals surface area contributed by atoms with Gasteiger partial charge in [0.1, 0.15) is 0 Å². The second-order valence-electron chi connectivity index (χ2n) is 6.85. The van der Waals surface area contributed by atoms with Gasteiger partial charge < -0.3 is 5.32 Å². The third kappa shape index (κ3) is 3.02. The zero-order valence-electron chi connectivity index (χ0n) is 12.4. The molecule has 0 aromatic heterocycles. The maximum absolute atomic E-state index is 3.90. The van der Waals surface area contributed by atoms with Crippen LogP contribution in [0.4, 0.5) is 0 Å². The van der Waals surface area contributed by atoms with Gasteiger partial charge in [0.05, 0.1) is 0 Å². The molecule has 0 atom stereocenters. The van der Waals surface area contributed by atoms with Crippen LogP contribution in [-0.4, -0.2) is 12.1 Å². The van der Waals surface area contributed by atoms with Crippen molar-refractivity contribution in [3.63, 3.8) is 0 Å². The molecule has 1 N–H and O–H groups in total. The number of aryl methyl sites for hydroxylation is 1. The molecule has 2 aliphatic carbocycles. The lowest BCUT2D eigenvalue weighted by Gasteiger charge is -2.40. The molecule has 0 aliphatic heterocycles. The van der Waals surface area contributed by atoms with Gasteiger partial charge in [-0.15, -0.1) is 0 Å². The van der Waals surface area contributed by atoms with E-state index in [1.165, 1.54) is 44.1 Å². The first-order valence-electron chi connectivity index (χ1n) is 8.04. The smallest absolute Gasteiger partial charge is 0.00813 e. The number of rotatable bonds is 3. The van der Waals surface area contributed by atoms with Crippen LogP contribution in [0.15, 0.2) is 24.3 Å². The molecule has 0 amide bonds. The molecule has 1 heteroatoms. The summed E-state index contributed by atoms with van der Waals surface area (Å²) >= 11 is 0. The van der Waals surface area contributed by atoms with E-state index in [4.69, 9.17) is 0 Å². The van der Waals surface area contributed by atoms with Crippen molar-refractivity contribution >= 4 is 0 Å². The van der Waals surface area contributed by atoms with Gasteiger partial charge in [-0.1, -0.05) is 31.2 Å². The molecule has 1 aromatic rings. The predicted molar refractivity (Wildman–Crippen MR) is 81.5 cm³/mol. The molecule has 1 nitrogen and oxygen atoms in total. The maximum atomic E-state index is 3.90. The fourth-order valence-electron chi connectivity index (χ4n) is 3.81. The Labute approximate surface area is 117 Å². The Morgan fingerprint density at radius 3 is 2.32 bits per heavy atom. The molecule has 0 heterocycles. The minimum Gasteiger partial charge on any atom is -0.311 e. The van der Waals surface area contributed by atoms with E-state index in [0.29, 0.717) is 0 Å². The summed E-state index contributed by atoms with van der Waals surface area (Å²) in [6.45, 7) is 4.65. The standard InChI is InChI=1S/C18H27N/c1-13-7-9-16(10-8-13)19-17-11-15(12-17)18-6-4-3-5-14(18)2/h3-6,13,15-17,19H,7-12H2,1-2H3. The zero-order valence-corrected chi connectivity index (χ0v) is 12.4. The molecule has 0 unspecified atom stereocenters. The lowest BCUT2D eigenvalue weighted by atomic mass is 9.74. The van der Waals surface area contributed by atoms with Gasteiger partial charge in [0.25, 0.3) is 0 Å².